The fraction of sp³-hybridized carbons (Fsp3) is 0.125. The molecule has 1 aromatic carbocycles. The maximum absolute atomic E-state index is 12.9. The Morgan fingerprint density at radius 1 is 1.09 bits per heavy atom. The average Bonchev–Trinajstić information content (AvgIpc) is 3.65. The Kier molecular flexibility index (Phi) is 6.24. The molecule has 10 heteroatoms. The van der Waals surface area contributed by atoms with E-state index < -0.39 is 5.25 Å². The van der Waals surface area contributed by atoms with Crippen LogP contribution < -0.4 is 10.1 Å². The Morgan fingerprint density at radius 3 is 2.59 bits per heavy atom. The molecule has 4 heterocycles. The van der Waals surface area contributed by atoms with E-state index in [-0.39, 0.29) is 5.91 Å². The summed E-state index contributed by atoms with van der Waals surface area (Å²) in [7, 11) is 1.62. The number of imidazole rings is 1. The van der Waals surface area contributed by atoms with Crippen molar-refractivity contribution in [3.05, 3.63) is 66.4 Å². The van der Waals surface area contributed by atoms with Crippen molar-refractivity contribution in [2.24, 2.45) is 0 Å². The first-order chi connectivity index (χ1) is 16.6. The number of aromatic nitrogens is 3. The molecule has 0 spiro atoms. The third kappa shape index (κ3) is 4.50. The first-order valence-corrected chi connectivity index (χ1v) is 12.1. The summed E-state index contributed by atoms with van der Waals surface area (Å²) in [4.78, 5) is 25.3. The van der Waals surface area contributed by atoms with Crippen molar-refractivity contribution in [1.29, 1.82) is 0 Å². The lowest BCUT2D eigenvalue weighted by molar-refractivity contribution is -0.115. The van der Waals surface area contributed by atoms with Crippen molar-refractivity contribution >= 4 is 34.1 Å². The Bertz CT molecular complexity index is 1340. The highest BCUT2D eigenvalue weighted by Crippen LogP contribution is 2.35. The van der Waals surface area contributed by atoms with Gasteiger partial charge in [0.25, 0.3) is 0 Å². The van der Waals surface area contributed by atoms with Crippen molar-refractivity contribution in [2.75, 3.05) is 12.4 Å². The molecule has 5 aromatic rings. The van der Waals surface area contributed by atoms with Crippen molar-refractivity contribution in [3.63, 3.8) is 0 Å². The van der Waals surface area contributed by atoms with Crippen LogP contribution in [0.3, 0.4) is 0 Å². The number of benzene rings is 1. The zero-order valence-electron chi connectivity index (χ0n) is 18.3. The Labute approximate surface area is 203 Å². The van der Waals surface area contributed by atoms with Gasteiger partial charge < -0.3 is 23.9 Å². The molecular weight excluding hydrogens is 472 g/mol. The van der Waals surface area contributed by atoms with Crippen LogP contribution in [0.4, 0.5) is 5.13 Å². The van der Waals surface area contributed by atoms with E-state index in [9.17, 15) is 4.79 Å². The van der Waals surface area contributed by atoms with E-state index in [0.717, 1.165) is 17.0 Å². The number of carbonyl (C=O) groups is 1. The highest BCUT2D eigenvalue weighted by molar-refractivity contribution is 8.00. The number of anilines is 1. The third-order valence-electron chi connectivity index (χ3n) is 4.98. The van der Waals surface area contributed by atoms with Crippen LogP contribution in [-0.2, 0) is 4.79 Å². The number of hydrogen-bond acceptors (Lipinski definition) is 8. The van der Waals surface area contributed by atoms with E-state index in [1.165, 1.54) is 23.1 Å². The molecule has 0 aliphatic heterocycles. The summed E-state index contributed by atoms with van der Waals surface area (Å²) in [6, 6.07) is 14.9. The van der Waals surface area contributed by atoms with E-state index in [1.807, 2.05) is 48.7 Å². The second-order valence-electron chi connectivity index (χ2n) is 7.21. The zero-order chi connectivity index (χ0) is 23.5. The lowest BCUT2D eigenvalue weighted by atomic mass is 10.1. The van der Waals surface area contributed by atoms with E-state index in [1.54, 1.807) is 31.8 Å². The second kappa shape index (κ2) is 9.62. The number of thioether (sulfide) groups is 1. The average molecular weight is 493 g/mol. The van der Waals surface area contributed by atoms with E-state index >= 15 is 0 Å². The summed E-state index contributed by atoms with van der Waals surface area (Å²) < 4.78 is 16.5. The molecule has 8 nitrogen and oxygen atoms in total. The predicted molar refractivity (Wildman–Crippen MR) is 132 cm³/mol. The standard InChI is InChI=1S/C24H20N4O4S2/c1-14(22(29)28-23-25-16(13-33-23)15-7-3-4-8-17(15)30-2)34-24-26-20(18-9-5-11-31-18)21(27-24)19-10-6-12-32-19/h3-14H,1-2H3,(H,26,27)(H,25,28,29). The maximum atomic E-state index is 12.9. The Hall–Kier alpha value is -3.76. The normalized spacial score (nSPS) is 11.9. The van der Waals surface area contributed by atoms with Gasteiger partial charge in [-0.1, -0.05) is 23.9 Å². The number of para-hydroxylation sites is 1. The number of amides is 1. The summed E-state index contributed by atoms with van der Waals surface area (Å²) in [6.07, 6.45) is 3.18. The van der Waals surface area contributed by atoms with E-state index in [0.29, 0.717) is 33.2 Å². The van der Waals surface area contributed by atoms with Gasteiger partial charge in [0.1, 0.15) is 17.1 Å². The molecule has 0 saturated heterocycles. The van der Waals surface area contributed by atoms with Gasteiger partial charge in [0, 0.05) is 10.9 Å². The molecule has 1 atom stereocenters. The molecule has 0 aliphatic rings. The van der Waals surface area contributed by atoms with Gasteiger partial charge in [-0.15, -0.1) is 11.3 Å². The summed E-state index contributed by atoms with van der Waals surface area (Å²) >= 11 is 2.67. The van der Waals surface area contributed by atoms with Crippen molar-refractivity contribution in [3.8, 4) is 39.9 Å². The number of hydrogen-bond donors (Lipinski definition) is 2. The van der Waals surface area contributed by atoms with Gasteiger partial charge in [-0.2, -0.15) is 0 Å². The minimum absolute atomic E-state index is 0.179. The van der Waals surface area contributed by atoms with E-state index in [2.05, 4.69) is 20.3 Å². The minimum atomic E-state index is -0.432. The quantitative estimate of drug-likeness (QED) is 0.249. The molecule has 172 valence electrons. The molecule has 1 unspecified atom stereocenters. The molecule has 5 rings (SSSR count). The molecule has 0 bridgehead atoms. The van der Waals surface area contributed by atoms with Gasteiger partial charge in [-0.25, -0.2) is 9.97 Å². The summed E-state index contributed by atoms with van der Waals surface area (Å²) in [5, 5.41) is 5.45. The third-order valence-corrected chi connectivity index (χ3v) is 6.72. The van der Waals surface area contributed by atoms with Gasteiger partial charge in [0.2, 0.25) is 5.91 Å². The monoisotopic (exact) mass is 492 g/mol. The van der Waals surface area contributed by atoms with Crippen LogP contribution in [0.5, 0.6) is 5.75 Å². The molecule has 4 aromatic heterocycles. The SMILES string of the molecule is COc1ccccc1-c1csc(NC(=O)C(C)Sc2nc(-c3ccco3)c(-c3ccco3)[nH]2)n1. The number of nitrogens with zero attached hydrogens (tertiary/aromatic N) is 2. The number of carbonyl (C=O) groups excluding carboxylic acids is 1. The largest absolute Gasteiger partial charge is 0.496 e. The fourth-order valence-corrected chi connectivity index (χ4v) is 4.86. The number of nitrogens with one attached hydrogen (secondary N) is 2. The van der Waals surface area contributed by atoms with E-state index in [4.69, 9.17) is 13.6 Å². The molecule has 2 N–H and O–H groups in total. The lowest BCUT2D eigenvalue weighted by Crippen LogP contribution is -2.22. The van der Waals surface area contributed by atoms with Crippen LogP contribution >= 0.6 is 23.1 Å². The summed E-state index contributed by atoms with van der Waals surface area (Å²) in [5.41, 5.74) is 2.93. The number of H-pyrrole nitrogens is 1. The first-order valence-electron chi connectivity index (χ1n) is 10.4. The van der Waals surface area contributed by atoms with Gasteiger partial charge >= 0.3 is 0 Å². The number of methoxy groups -OCH3 is 1. The van der Waals surface area contributed by atoms with Crippen LogP contribution in [0.2, 0.25) is 0 Å². The van der Waals surface area contributed by atoms with Gasteiger partial charge in [0.05, 0.1) is 30.6 Å². The van der Waals surface area contributed by atoms with Crippen molar-refractivity contribution in [2.45, 2.75) is 17.3 Å². The van der Waals surface area contributed by atoms with Gasteiger partial charge in [-0.05, 0) is 43.3 Å². The topological polar surface area (TPSA) is 106 Å². The molecule has 0 aliphatic carbocycles. The second-order valence-corrected chi connectivity index (χ2v) is 9.40. The van der Waals surface area contributed by atoms with Crippen LogP contribution in [0, 0.1) is 0 Å². The number of ether oxygens (including phenoxy) is 1. The molecule has 1 amide bonds. The van der Waals surface area contributed by atoms with Crippen molar-refractivity contribution in [1.82, 2.24) is 15.0 Å². The van der Waals surface area contributed by atoms with Crippen LogP contribution in [-0.4, -0.2) is 33.2 Å². The molecular formula is C24H20N4O4S2. The number of thiazole rings is 1. The maximum Gasteiger partial charge on any atom is 0.239 e. The highest BCUT2D eigenvalue weighted by Gasteiger charge is 2.22. The van der Waals surface area contributed by atoms with Crippen molar-refractivity contribution < 1.29 is 18.4 Å². The number of furan rings is 2. The fourth-order valence-electron chi connectivity index (χ4n) is 3.34. The van der Waals surface area contributed by atoms with Gasteiger partial charge in [0.15, 0.2) is 21.8 Å². The van der Waals surface area contributed by atoms with Crippen LogP contribution in [0.25, 0.3) is 34.2 Å². The Balaban J connectivity index is 1.31. The highest BCUT2D eigenvalue weighted by atomic mass is 32.2. The summed E-state index contributed by atoms with van der Waals surface area (Å²) in [5.74, 6) is 1.79. The minimum Gasteiger partial charge on any atom is -0.496 e. The molecule has 34 heavy (non-hydrogen) atoms. The molecule has 0 fully saturated rings. The zero-order valence-corrected chi connectivity index (χ0v) is 19.9. The van der Waals surface area contributed by atoms with Crippen LogP contribution in [0.1, 0.15) is 6.92 Å². The molecule has 0 saturated carbocycles. The van der Waals surface area contributed by atoms with Gasteiger partial charge in [-0.3, -0.25) is 4.79 Å². The lowest BCUT2D eigenvalue weighted by Gasteiger charge is -2.08. The molecule has 0 radical (unpaired) electrons. The first kappa shape index (κ1) is 22.1. The summed E-state index contributed by atoms with van der Waals surface area (Å²) in [6.45, 7) is 1.82. The predicted octanol–water partition coefficient (Wildman–Crippen LogP) is 6.18. The number of aromatic amines is 1. The smallest absolute Gasteiger partial charge is 0.239 e. The number of rotatable bonds is 8. The Morgan fingerprint density at radius 2 is 1.85 bits per heavy atom. The van der Waals surface area contributed by atoms with Crippen LogP contribution in [0.15, 0.2) is 80.4 Å².